The van der Waals surface area contributed by atoms with Crippen molar-refractivity contribution in [3.8, 4) is 5.75 Å². The zero-order valence-corrected chi connectivity index (χ0v) is 17.4. The molecule has 1 spiro atoms. The number of fused-ring (bicyclic) bond motifs is 4. The molecule has 5 rings (SSSR count). The number of aromatic nitrogens is 1. The molecule has 3 aliphatic rings. The number of ether oxygens (including phenoxy) is 2. The van der Waals surface area contributed by atoms with Gasteiger partial charge in [0.2, 0.25) is 0 Å². The number of aliphatic imine (C=N–C) groups is 1. The number of amides is 1. The Kier molecular flexibility index (Phi) is 4.31. The molecule has 3 N–H and O–H groups in total. The molecule has 2 aliphatic heterocycles. The standard InChI is InChI=1S/C20H21BrN4O4/c1-10-23-15(8-27-10)18(26)24-12-3-5-17-14(7-12)20(9-28-19(22)25-20)13-6-11(21)2-4-16(13)29-17/h2,4,6,8,12,14,17H,3,5,7,9H2,1H3,(H2,22,25)(H,24,26)/t12?,14-,17?,20?/m1/s1. The molecule has 0 saturated heterocycles. The number of nitrogens with one attached hydrogen (secondary N) is 1. The fraction of sp³-hybridized carbons (Fsp3) is 0.450. The third kappa shape index (κ3) is 3.08. The van der Waals surface area contributed by atoms with Crippen molar-refractivity contribution in [2.75, 3.05) is 6.61 Å². The molecule has 3 unspecified atom stereocenters. The van der Waals surface area contributed by atoms with Crippen LogP contribution in [0.5, 0.6) is 5.75 Å². The summed E-state index contributed by atoms with van der Waals surface area (Å²) < 4.78 is 18.1. The second kappa shape index (κ2) is 6.76. The molecule has 0 bridgehead atoms. The molecule has 3 heterocycles. The molecule has 4 atom stereocenters. The first-order chi connectivity index (χ1) is 13.9. The van der Waals surface area contributed by atoms with Crippen molar-refractivity contribution in [3.05, 3.63) is 46.1 Å². The molecule has 8 nitrogen and oxygen atoms in total. The van der Waals surface area contributed by atoms with Crippen LogP contribution in [0.3, 0.4) is 0 Å². The van der Waals surface area contributed by atoms with Crippen molar-refractivity contribution < 1.29 is 18.7 Å². The summed E-state index contributed by atoms with van der Waals surface area (Å²) in [5.74, 6) is 1.08. The van der Waals surface area contributed by atoms with Crippen LogP contribution >= 0.6 is 15.9 Å². The molecule has 29 heavy (non-hydrogen) atoms. The number of nitrogens with two attached hydrogens (primary N) is 1. The van der Waals surface area contributed by atoms with Crippen molar-refractivity contribution >= 4 is 27.9 Å². The lowest BCUT2D eigenvalue weighted by molar-refractivity contribution is -0.00194. The van der Waals surface area contributed by atoms with E-state index in [4.69, 9.17) is 24.6 Å². The Labute approximate surface area is 176 Å². The average Bonchev–Trinajstić information content (AvgIpc) is 3.30. The second-order valence-corrected chi connectivity index (χ2v) is 8.72. The molecular formula is C20H21BrN4O4. The topological polar surface area (TPSA) is 112 Å². The molecule has 1 aromatic heterocycles. The smallest absolute Gasteiger partial charge is 0.283 e. The summed E-state index contributed by atoms with van der Waals surface area (Å²) in [5.41, 5.74) is 6.58. The van der Waals surface area contributed by atoms with Crippen molar-refractivity contribution in [2.45, 2.75) is 43.9 Å². The number of hydrogen-bond acceptors (Lipinski definition) is 7. The first-order valence-electron chi connectivity index (χ1n) is 9.62. The Morgan fingerprint density at radius 3 is 2.97 bits per heavy atom. The van der Waals surface area contributed by atoms with Crippen molar-refractivity contribution in [2.24, 2.45) is 16.6 Å². The van der Waals surface area contributed by atoms with Crippen LogP contribution in [0.25, 0.3) is 0 Å². The number of benzene rings is 1. The summed E-state index contributed by atoms with van der Waals surface area (Å²) in [6.07, 6.45) is 3.69. The number of amidine groups is 1. The van der Waals surface area contributed by atoms with E-state index in [1.54, 1.807) is 6.92 Å². The number of rotatable bonds is 2. The van der Waals surface area contributed by atoms with Gasteiger partial charge in [-0.3, -0.25) is 4.79 Å². The van der Waals surface area contributed by atoms with Crippen molar-refractivity contribution in [1.82, 2.24) is 10.3 Å². The lowest BCUT2D eigenvalue weighted by Crippen LogP contribution is -2.54. The fourth-order valence-electron chi connectivity index (χ4n) is 4.72. The largest absolute Gasteiger partial charge is 0.490 e. The van der Waals surface area contributed by atoms with Gasteiger partial charge in [0.05, 0.1) is 0 Å². The zero-order valence-electron chi connectivity index (χ0n) is 15.9. The zero-order chi connectivity index (χ0) is 20.2. The maximum Gasteiger partial charge on any atom is 0.283 e. The Morgan fingerprint density at radius 2 is 2.24 bits per heavy atom. The van der Waals surface area contributed by atoms with E-state index in [0.717, 1.165) is 28.6 Å². The third-order valence-electron chi connectivity index (χ3n) is 6.02. The van der Waals surface area contributed by atoms with Crippen LogP contribution in [0.15, 0.2) is 38.3 Å². The highest BCUT2D eigenvalue weighted by molar-refractivity contribution is 9.10. The summed E-state index contributed by atoms with van der Waals surface area (Å²) in [6.45, 7) is 2.08. The van der Waals surface area contributed by atoms with Gasteiger partial charge in [0.15, 0.2) is 11.6 Å². The minimum atomic E-state index is -0.611. The summed E-state index contributed by atoms with van der Waals surface area (Å²) in [6, 6.07) is 6.12. The lowest BCUT2D eigenvalue weighted by atomic mass is 9.67. The lowest BCUT2D eigenvalue weighted by Gasteiger charge is -2.48. The number of aryl methyl sites for hydroxylation is 1. The highest BCUT2D eigenvalue weighted by Gasteiger charge is 2.55. The van der Waals surface area contributed by atoms with E-state index in [1.807, 2.05) is 18.2 Å². The molecular weight excluding hydrogens is 440 g/mol. The monoisotopic (exact) mass is 460 g/mol. The molecule has 1 amide bonds. The average molecular weight is 461 g/mol. The molecule has 152 valence electrons. The molecule has 1 aromatic carbocycles. The summed E-state index contributed by atoms with van der Waals surface area (Å²) in [7, 11) is 0. The van der Waals surface area contributed by atoms with Gasteiger partial charge >= 0.3 is 0 Å². The van der Waals surface area contributed by atoms with Gasteiger partial charge in [0, 0.05) is 28.9 Å². The van der Waals surface area contributed by atoms with Crippen molar-refractivity contribution in [1.29, 1.82) is 0 Å². The normalized spacial score (nSPS) is 30.0. The fourth-order valence-corrected chi connectivity index (χ4v) is 5.08. The SMILES string of the molecule is Cc1nc(C(=O)NC2CCC3Oc4ccc(Br)cc4C4(COC(N)=N4)[C@@H]3C2)co1. The van der Waals surface area contributed by atoms with E-state index in [0.29, 0.717) is 24.6 Å². The van der Waals surface area contributed by atoms with Crippen LogP contribution < -0.4 is 15.8 Å². The van der Waals surface area contributed by atoms with Gasteiger partial charge in [-0.2, -0.15) is 0 Å². The van der Waals surface area contributed by atoms with Gasteiger partial charge in [-0.15, -0.1) is 0 Å². The summed E-state index contributed by atoms with van der Waals surface area (Å²) in [5, 5.41) is 3.09. The Bertz CT molecular complexity index is 1010. The van der Waals surface area contributed by atoms with Gasteiger partial charge in [-0.25, -0.2) is 9.98 Å². The van der Waals surface area contributed by atoms with Crippen molar-refractivity contribution in [3.63, 3.8) is 0 Å². The quantitative estimate of drug-likeness (QED) is 0.712. The van der Waals surface area contributed by atoms with Gasteiger partial charge in [-0.05, 0) is 37.5 Å². The van der Waals surface area contributed by atoms with E-state index >= 15 is 0 Å². The predicted octanol–water partition coefficient (Wildman–Crippen LogP) is 2.65. The van der Waals surface area contributed by atoms with Crippen LogP contribution in [0.4, 0.5) is 0 Å². The highest BCUT2D eigenvalue weighted by atomic mass is 79.9. The van der Waals surface area contributed by atoms with Crippen LogP contribution in [-0.4, -0.2) is 35.7 Å². The molecule has 1 saturated carbocycles. The van der Waals surface area contributed by atoms with E-state index < -0.39 is 5.54 Å². The maximum absolute atomic E-state index is 12.6. The predicted molar refractivity (Wildman–Crippen MR) is 108 cm³/mol. The Balaban J connectivity index is 1.45. The molecule has 1 aliphatic carbocycles. The minimum absolute atomic E-state index is 0.00984. The third-order valence-corrected chi connectivity index (χ3v) is 6.52. The summed E-state index contributed by atoms with van der Waals surface area (Å²) in [4.78, 5) is 21.4. The maximum atomic E-state index is 12.6. The number of nitrogens with zero attached hydrogens (tertiary/aromatic N) is 2. The van der Waals surface area contributed by atoms with Gasteiger partial charge < -0.3 is 24.9 Å². The Hall–Kier alpha value is -2.55. The summed E-state index contributed by atoms with van der Waals surface area (Å²) >= 11 is 3.55. The van der Waals surface area contributed by atoms with Crippen LogP contribution in [0.2, 0.25) is 0 Å². The molecule has 1 fully saturated rings. The molecule has 9 heteroatoms. The number of halogens is 1. The van der Waals surface area contributed by atoms with Gasteiger partial charge in [0.1, 0.15) is 30.3 Å². The van der Waals surface area contributed by atoms with Crippen LogP contribution in [-0.2, 0) is 10.3 Å². The van der Waals surface area contributed by atoms with E-state index in [2.05, 4.69) is 26.2 Å². The highest BCUT2D eigenvalue weighted by Crippen LogP contribution is 2.52. The van der Waals surface area contributed by atoms with Gasteiger partial charge in [-0.1, -0.05) is 15.9 Å². The number of carbonyl (C=O) groups is 1. The number of hydrogen-bond donors (Lipinski definition) is 2. The van der Waals surface area contributed by atoms with E-state index in [1.165, 1.54) is 6.26 Å². The second-order valence-electron chi connectivity index (χ2n) is 7.80. The van der Waals surface area contributed by atoms with E-state index in [9.17, 15) is 4.79 Å². The number of oxazole rings is 1. The minimum Gasteiger partial charge on any atom is -0.490 e. The van der Waals surface area contributed by atoms with Crippen LogP contribution in [0, 0.1) is 12.8 Å². The Morgan fingerprint density at radius 1 is 1.38 bits per heavy atom. The van der Waals surface area contributed by atoms with Crippen LogP contribution in [0.1, 0.15) is 41.2 Å². The number of carbonyl (C=O) groups excluding carboxylic acids is 1. The molecule has 0 radical (unpaired) electrons. The molecule has 2 aromatic rings. The first-order valence-corrected chi connectivity index (χ1v) is 10.4. The van der Waals surface area contributed by atoms with E-state index in [-0.39, 0.29) is 30.0 Å². The first kappa shape index (κ1) is 18.5. The van der Waals surface area contributed by atoms with Gasteiger partial charge in [0.25, 0.3) is 11.9 Å².